The van der Waals surface area contributed by atoms with E-state index in [1.807, 2.05) is 6.92 Å². The number of ether oxygens (including phenoxy) is 1. The van der Waals surface area contributed by atoms with Gasteiger partial charge in [-0.3, -0.25) is 0 Å². The van der Waals surface area contributed by atoms with Gasteiger partial charge in [0, 0.05) is 6.04 Å². The number of rotatable bonds is 4. The van der Waals surface area contributed by atoms with Gasteiger partial charge in [-0.2, -0.15) is 4.37 Å². The van der Waals surface area contributed by atoms with Crippen LogP contribution in [-0.2, 0) is 0 Å². The summed E-state index contributed by atoms with van der Waals surface area (Å²) in [6, 6.07) is 0.540. The highest BCUT2D eigenvalue weighted by molar-refractivity contribution is 7.11. The molecule has 1 fully saturated rings. The summed E-state index contributed by atoms with van der Waals surface area (Å²) in [4.78, 5) is 0. The highest BCUT2D eigenvalue weighted by Gasteiger charge is 2.21. The molecule has 5 heteroatoms. The van der Waals surface area contributed by atoms with Crippen molar-refractivity contribution in [1.82, 2.24) is 4.37 Å². The smallest absolute Gasteiger partial charge is 0.197 e. The average Bonchev–Trinajstić information content (AvgIpc) is 2.62. The second-order valence-corrected chi connectivity index (χ2v) is 5.55. The van der Waals surface area contributed by atoms with Gasteiger partial charge in [-0.15, -0.1) is 0 Å². The summed E-state index contributed by atoms with van der Waals surface area (Å²) in [5.41, 5.74) is 5.79. The predicted octanol–water partition coefficient (Wildman–Crippen LogP) is 3.11. The fourth-order valence-corrected chi connectivity index (χ4v) is 3.16. The van der Waals surface area contributed by atoms with E-state index in [-0.39, 0.29) is 0 Å². The molecule has 2 rings (SSSR count). The van der Waals surface area contributed by atoms with Gasteiger partial charge >= 0.3 is 0 Å². The summed E-state index contributed by atoms with van der Waals surface area (Å²) in [5.74, 6) is 2.04. The number of hydrogen-bond acceptors (Lipinski definition) is 5. The SMILES string of the molecule is CCOc1c(N)nsc1NC1CCCC(C)C1. The van der Waals surface area contributed by atoms with E-state index in [1.165, 1.54) is 37.2 Å². The van der Waals surface area contributed by atoms with Crippen LogP contribution in [-0.4, -0.2) is 17.0 Å². The number of nitrogens with zero attached hydrogens (tertiary/aromatic N) is 1. The Hall–Kier alpha value is -0.970. The minimum atomic E-state index is 0.503. The van der Waals surface area contributed by atoms with Crippen LogP contribution in [0, 0.1) is 5.92 Å². The van der Waals surface area contributed by atoms with Crippen molar-refractivity contribution in [3.63, 3.8) is 0 Å². The van der Waals surface area contributed by atoms with E-state index in [9.17, 15) is 0 Å². The Bertz CT molecular complexity index is 367. The first-order chi connectivity index (χ1) is 8.20. The maximum absolute atomic E-state index is 5.79. The van der Waals surface area contributed by atoms with Crippen LogP contribution in [0.5, 0.6) is 5.75 Å². The number of anilines is 2. The number of nitrogen functional groups attached to an aromatic ring is 1. The molecule has 4 nitrogen and oxygen atoms in total. The molecule has 2 unspecified atom stereocenters. The molecule has 1 aromatic rings. The number of aromatic nitrogens is 1. The minimum Gasteiger partial charge on any atom is -0.487 e. The number of hydrogen-bond donors (Lipinski definition) is 2. The maximum atomic E-state index is 5.79. The molecule has 96 valence electrons. The summed E-state index contributed by atoms with van der Waals surface area (Å²) in [5, 5.41) is 4.53. The van der Waals surface area contributed by atoms with Crippen molar-refractivity contribution in [1.29, 1.82) is 0 Å². The molecule has 1 heterocycles. The topological polar surface area (TPSA) is 60.2 Å². The Morgan fingerprint density at radius 1 is 1.53 bits per heavy atom. The van der Waals surface area contributed by atoms with Crippen molar-refractivity contribution in [3.05, 3.63) is 0 Å². The molecule has 1 aliphatic rings. The fourth-order valence-electron chi connectivity index (χ4n) is 2.42. The third-order valence-electron chi connectivity index (χ3n) is 3.23. The van der Waals surface area contributed by atoms with E-state index in [4.69, 9.17) is 10.5 Å². The fraction of sp³-hybridized carbons (Fsp3) is 0.750. The molecule has 0 aromatic carbocycles. The molecule has 0 bridgehead atoms. The number of nitrogens with one attached hydrogen (secondary N) is 1. The van der Waals surface area contributed by atoms with Gasteiger partial charge in [-0.1, -0.05) is 19.8 Å². The van der Waals surface area contributed by atoms with Crippen LogP contribution in [0.3, 0.4) is 0 Å². The summed E-state index contributed by atoms with van der Waals surface area (Å²) in [7, 11) is 0. The van der Waals surface area contributed by atoms with Crippen molar-refractivity contribution in [2.75, 3.05) is 17.7 Å². The van der Waals surface area contributed by atoms with Crippen LogP contribution in [0.4, 0.5) is 10.8 Å². The average molecular weight is 255 g/mol. The van der Waals surface area contributed by atoms with Crippen molar-refractivity contribution >= 4 is 22.4 Å². The first kappa shape index (κ1) is 12.5. The van der Waals surface area contributed by atoms with Gasteiger partial charge in [-0.05, 0) is 37.2 Å². The van der Waals surface area contributed by atoms with Gasteiger partial charge in [0.15, 0.2) is 16.6 Å². The van der Waals surface area contributed by atoms with E-state index >= 15 is 0 Å². The first-order valence-corrected chi connectivity index (χ1v) is 7.12. The van der Waals surface area contributed by atoms with Crippen LogP contribution in [0.1, 0.15) is 39.5 Å². The molecular formula is C12H21N3OS. The summed E-state index contributed by atoms with van der Waals surface area (Å²) < 4.78 is 9.69. The maximum Gasteiger partial charge on any atom is 0.197 e. The molecule has 0 amide bonds. The summed E-state index contributed by atoms with van der Waals surface area (Å²) >= 11 is 1.40. The van der Waals surface area contributed by atoms with Gasteiger partial charge in [0.25, 0.3) is 0 Å². The quantitative estimate of drug-likeness (QED) is 0.868. The lowest BCUT2D eigenvalue weighted by Gasteiger charge is -2.27. The first-order valence-electron chi connectivity index (χ1n) is 6.35. The van der Waals surface area contributed by atoms with E-state index < -0.39 is 0 Å². The second kappa shape index (κ2) is 5.58. The lowest BCUT2D eigenvalue weighted by Crippen LogP contribution is -2.25. The van der Waals surface area contributed by atoms with E-state index in [1.54, 1.807) is 0 Å². The van der Waals surface area contributed by atoms with Crippen molar-refractivity contribution in [2.45, 2.75) is 45.6 Å². The molecular weight excluding hydrogens is 234 g/mol. The van der Waals surface area contributed by atoms with E-state index in [2.05, 4.69) is 16.6 Å². The molecule has 0 saturated heterocycles. The zero-order valence-corrected chi connectivity index (χ0v) is 11.3. The molecule has 0 aliphatic heterocycles. The van der Waals surface area contributed by atoms with Gasteiger partial charge in [0.2, 0.25) is 0 Å². The van der Waals surface area contributed by atoms with Gasteiger partial charge in [0.1, 0.15) is 0 Å². The molecule has 0 radical (unpaired) electrons. The third-order valence-corrected chi connectivity index (χ3v) is 4.01. The van der Waals surface area contributed by atoms with Crippen LogP contribution >= 0.6 is 11.5 Å². The van der Waals surface area contributed by atoms with Crippen LogP contribution in [0.2, 0.25) is 0 Å². The molecule has 2 atom stereocenters. The van der Waals surface area contributed by atoms with E-state index in [0.29, 0.717) is 18.5 Å². The van der Waals surface area contributed by atoms with Crippen LogP contribution in [0.25, 0.3) is 0 Å². The minimum absolute atomic E-state index is 0.503. The lowest BCUT2D eigenvalue weighted by molar-refractivity contribution is 0.339. The van der Waals surface area contributed by atoms with Gasteiger partial charge in [-0.25, -0.2) is 0 Å². The Balaban J connectivity index is 2.02. The predicted molar refractivity (Wildman–Crippen MR) is 72.7 cm³/mol. The largest absolute Gasteiger partial charge is 0.487 e. The Morgan fingerprint density at radius 3 is 3.06 bits per heavy atom. The highest BCUT2D eigenvalue weighted by atomic mass is 32.1. The third kappa shape index (κ3) is 3.03. The normalized spacial score (nSPS) is 24.6. The van der Waals surface area contributed by atoms with Gasteiger partial charge in [0.05, 0.1) is 6.61 Å². The Kier molecular flexibility index (Phi) is 4.10. The molecule has 1 aromatic heterocycles. The molecule has 1 saturated carbocycles. The monoisotopic (exact) mass is 255 g/mol. The van der Waals surface area contributed by atoms with Gasteiger partial charge < -0.3 is 15.8 Å². The molecule has 0 spiro atoms. The molecule has 3 N–H and O–H groups in total. The van der Waals surface area contributed by atoms with Crippen molar-refractivity contribution in [3.8, 4) is 5.75 Å². The zero-order valence-electron chi connectivity index (χ0n) is 10.5. The van der Waals surface area contributed by atoms with Crippen LogP contribution in [0.15, 0.2) is 0 Å². The van der Waals surface area contributed by atoms with Crippen molar-refractivity contribution in [2.24, 2.45) is 5.92 Å². The molecule has 17 heavy (non-hydrogen) atoms. The zero-order chi connectivity index (χ0) is 12.3. The van der Waals surface area contributed by atoms with E-state index in [0.717, 1.165) is 16.7 Å². The Morgan fingerprint density at radius 2 is 2.35 bits per heavy atom. The highest BCUT2D eigenvalue weighted by Crippen LogP contribution is 2.37. The Labute approximate surface area is 107 Å². The van der Waals surface area contributed by atoms with Crippen molar-refractivity contribution < 1.29 is 4.74 Å². The van der Waals surface area contributed by atoms with Crippen LogP contribution < -0.4 is 15.8 Å². The summed E-state index contributed by atoms with van der Waals surface area (Å²) in [6.45, 7) is 4.90. The number of nitrogens with two attached hydrogens (primary N) is 1. The standard InChI is InChI=1S/C12H21N3OS/c1-3-16-10-11(13)15-17-12(10)14-9-6-4-5-8(2)7-9/h8-9,14H,3-7H2,1-2H3,(H2,13,15). The summed E-state index contributed by atoms with van der Waals surface area (Å²) in [6.07, 6.45) is 5.11. The lowest BCUT2D eigenvalue weighted by atomic mass is 9.87. The molecule has 1 aliphatic carbocycles. The second-order valence-electron chi connectivity index (χ2n) is 4.77.